The van der Waals surface area contributed by atoms with E-state index >= 15 is 0 Å². The number of halogens is 1. The fourth-order valence-electron chi connectivity index (χ4n) is 3.31. The summed E-state index contributed by atoms with van der Waals surface area (Å²) in [4.78, 5) is 14.4. The minimum absolute atomic E-state index is 0.118. The van der Waals surface area contributed by atoms with Gasteiger partial charge in [-0.25, -0.2) is 4.39 Å². The summed E-state index contributed by atoms with van der Waals surface area (Å²) in [5.74, 6) is 0.345. The van der Waals surface area contributed by atoms with Crippen LogP contribution < -0.4 is 5.73 Å². The average molecular weight is 326 g/mol. The Hall–Kier alpha value is -2.20. The van der Waals surface area contributed by atoms with Crippen LogP contribution in [0.4, 0.5) is 4.39 Å². The number of likely N-dealkylation sites (tertiary alicyclic amines) is 1. The van der Waals surface area contributed by atoms with E-state index in [0.29, 0.717) is 12.3 Å². The lowest BCUT2D eigenvalue weighted by atomic mass is 9.99. The molecule has 3 nitrogen and oxygen atoms in total. The molecule has 1 saturated heterocycles. The first-order valence-corrected chi connectivity index (χ1v) is 8.44. The monoisotopic (exact) mass is 326 g/mol. The summed E-state index contributed by atoms with van der Waals surface area (Å²) >= 11 is 0. The molecule has 3 rings (SSSR count). The van der Waals surface area contributed by atoms with Gasteiger partial charge in [0, 0.05) is 25.6 Å². The second kappa shape index (κ2) is 7.58. The molecule has 2 atom stereocenters. The lowest BCUT2D eigenvalue weighted by Gasteiger charge is -2.19. The molecule has 0 saturated carbocycles. The van der Waals surface area contributed by atoms with Gasteiger partial charge in [-0.3, -0.25) is 4.79 Å². The highest BCUT2D eigenvalue weighted by Gasteiger charge is 2.27. The van der Waals surface area contributed by atoms with Crippen molar-refractivity contribution in [3.63, 3.8) is 0 Å². The summed E-state index contributed by atoms with van der Waals surface area (Å²) in [5, 5.41) is 0. The molecule has 1 aliphatic heterocycles. The first-order chi connectivity index (χ1) is 11.6. The summed E-state index contributed by atoms with van der Waals surface area (Å²) < 4.78 is 13.0. The zero-order chi connectivity index (χ0) is 16.9. The number of amides is 1. The lowest BCUT2D eigenvalue weighted by Crippen LogP contribution is -2.31. The van der Waals surface area contributed by atoms with Crippen LogP contribution in [-0.4, -0.2) is 23.9 Å². The van der Waals surface area contributed by atoms with Gasteiger partial charge in [0.15, 0.2) is 0 Å². The summed E-state index contributed by atoms with van der Waals surface area (Å²) in [6.45, 7) is 1.55. The molecule has 0 radical (unpaired) electrons. The number of rotatable bonds is 5. The van der Waals surface area contributed by atoms with Gasteiger partial charge in [0.2, 0.25) is 5.91 Å². The SMILES string of the molecule is NC(CC(=O)N1CCC(Cc2ccc(F)cc2)C1)c1ccccc1. The highest BCUT2D eigenvalue weighted by Crippen LogP contribution is 2.23. The minimum atomic E-state index is -0.255. The van der Waals surface area contributed by atoms with Crippen LogP contribution in [0.3, 0.4) is 0 Å². The molecule has 2 aromatic rings. The predicted molar refractivity (Wildman–Crippen MR) is 92.8 cm³/mol. The first-order valence-electron chi connectivity index (χ1n) is 8.44. The Morgan fingerprint density at radius 1 is 1.17 bits per heavy atom. The Balaban J connectivity index is 1.51. The average Bonchev–Trinajstić information content (AvgIpc) is 3.06. The van der Waals surface area contributed by atoms with E-state index in [1.165, 1.54) is 12.1 Å². The zero-order valence-corrected chi connectivity index (χ0v) is 13.7. The van der Waals surface area contributed by atoms with Crippen LogP contribution >= 0.6 is 0 Å². The summed E-state index contributed by atoms with van der Waals surface area (Å²) in [6, 6.07) is 16.1. The van der Waals surface area contributed by atoms with Gasteiger partial charge >= 0.3 is 0 Å². The van der Waals surface area contributed by atoms with Crippen molar-refractivity contribution in [2.24, 2.45) is 11.7 Å². The fraction of sp³-hybridized carbons (Fsp3) is 0.350. The van der Waals surface area contributed by atoms with Crippen LogP contribution in [0, 0.1) is 11.7 Å². The molecule has 0 aromatic heterocycles. The number of nitrogens with two attached hydrogens (primary N) is 1. The first kappa shape index (κ1) is 16.7. The predicted octanol–water partition coefficient (Wildman–Crippen LogP) is 3.31. The number of hydrogen-bond donors (Lipinski definition) is 1. The van der Waals surface area contributed by atoms with Crippen molar-refractivity contribution in [2.45, 2.75) is 25.3 Å². The van der Waals surface area contributed by atoms with Gasteiger partial charge in [0.05, 0.1) is 0 Å². The Bertz CT molecular complexity index is 672. The maximum absolute atomic E-state index is 13.0. The van der Waals surface area contributed by atoms with Crippen molar-refractivity contribution >= 4 is 5.91 Å². The summed E-state index contributed by atoms with van der Waals surface area (Å²) in [7, 11) is 0. The van der Waals surface area contributed by atoms with Crippen LogP contribution in [0.5, 0.6) is 0 Å². The number of carbonyl (C=O) groups is 1. The topological polar surface area (TPSA) is 46.3 Å². The molecule has 1 amide bonds. The standard InChI is InChI=1S/C20H23FN2O/c21-18-8-6-15(7-9-18)12-16-10-11-23(14-16)20(24)13-19(22)17-4-2-1-3-5-17/h1-9,16,19H,10-14,22H2. The molecule has 1 aliphatic rings. The van der Waals surface area contributed by atoms with Crippen molar-refractivity contribution in [3.8, 4) is 0 Å². The number of benzene rings is 2. The fourth-order valence-corrected chi connectivity index (χ4v) is 3.31. The molecular formula is C20H23FN2O. The van der Waals surface area contributed by atoms with Crippen molar-refractivity contribution in [1.82, 2.24) is 4.90 Å². The van der Waals surface area contributed by atoms with Crippen molar-refractivity contribution in [1.29, 1.82) is 0 Å². The smallest absolute Gasteiger partial charge is 0.224 e. The van der Waals surface area contributed by atoms with Crippen LogP contribution in [-0.2, 0) is 11.2 Å². The zero-order valence-electron chi connectivity index (χ0n) is 13.7. The van der Waals surface area contributed by atoms with Gasteiger partial charge < -0.3 is 10.6 Å². The molecule has 2 aromatic carbocycles. The molecule has 1 heterocycles. The molecule has 0 bridgehead atoms. The quantitative estimate of drug-likeness (QED) is 0.916. The van der Waals surface area contributed by atoms with E-state index in [1.807, 2.05) is 47.4 Å². The van der Waals surface area contributed by atoms with Gasteiger partial charge in [-0.2, -0.15) is 0 Å². The van der Waals surface area contributed by atoms with Crippen LogP contribution in [0.15, 0.2) is 54.6 Å². The highest BCUT2D eigenvalue weighted by atomic mass is 19.1. The van der Waals surface area contributed by atoms with E-state index < -0.39 is 0 Å². The molecule has 1 fully saturated rings. The van der Waals surface area contributed by atoms with Crippen molar-refractivity contribution in [3.05, 3.63) is 71.5 Å². The Kier molecular flexibility index (Phi) is 5.26. The molecule has 4 heteroatoms. The van der Waals surface area contributed by atoms with E-state index in [2.05, 4.69) is 0 Å². The molecule has 126 valence electrons. The summed E-state index contributed by atoms with van der Waals surface area (Å²) in [6.07, 6.45) is 2.21. The summed E-state index contributed by atoms with van der Waals surface area (Å²) in [5.41, 5.74) is 8.27. The molecule has 24 heavy (non-hydrogen) atoms. The maximum atomic E-state index is 13.0. The third-order valence-corrected chi connectivity index (χ3v) is 4.70. The van der Waals surface area contributed by atoms with Crippen LogP contribution in [0.2, 0.25) is 0 Å². The molecule has 2 unspecified atom stereocenters. The van der Waals surface area contributed by atoms with Crippen molar-refractivity contribution < 1.29 is 9.18 Å². The lowest BCUT2D eigenvalue weighted by molar-refractivity contribution is -0.130. The molecular weight excluding hydrogens is 303 g/mol. The second-order valence-corrected chi connectivity index (χ2v) is 6.55. The Morgan fingerprint density at radius 2 is 1.88 bits per heavy atom. The third kappa shape index (κ3) is 4.20. The van der Waals surface area contributed by atoms with Gasteiger partial charge in [-0.05, 0) is 42.0 Å². The number of carbonyl (C=O) groups excluding carboxylic acids is 1. The van der Waals surface area contributed by atoms with E-state index in [4.69, 9.17) is 5.73 Å². The third-order valence-electron chi connectivity index (χ3n) is 4.70. The molecule has 0 aliphatic carbocycles. The number of hydrogen-bond acceptors (Lipinski definition) is 2. The molecule has 0 spiro atoms. The number of nitrogens with zero attached hydrogens (tertiary/aromatic N) is 1. The van der Waals surface area contributed by atoms with Gasteiger partial charge in [-0.15, -0.1) is 0 Å². The van der Waals surface area contributed by atoms with E-state index in [9.17, 15) is 9.18 Å². The van der Waals surface area contributed by atoms with Gasteiger partial charge in [0.1, 0.15) is 5.82 Å². The van der Waals surface area contributed by atoms with Gasteiger partial charge in [0.25, 0.3) is 0 Å². The maximum Gasteiger partial charge on any atom is 0.224 e. The largest absolute Gasteiger partial charge is 0.342 e. The second-order valence-electron chi connectivity index (χ2n) is 6.55. The van der Waals surface area contributed by atoms with E-state index in [-0.39, 0.29) is 17.8 Å². The van der Waals surface area contributed by atoms with Crippen LogP contribution in [0.25, 0.3) is 0 Å². The van der Waals surface area contributed by atoms with E-state index in [1.54, 1.807) is 0 Å². The van der Waals surface area contributed by atoms with Crippen LogP contribution in [0.1, 0.15) is 30.0 Å². The normalized spacial score (nSPS) is 18.6. The van der Waals surface area contributed by atoms with Gasteiger partial charge in [-0.1, -0.05) is 42.5 Å². The highest BCUT2D eigenvalue weighted by molar-refractivity contribution is 5.77. The minimum Gasteiger partial charge on any atom is -0.342 e. The van der Waals surface area contributed by atoms with Crippen molar-refractivity contribution in [2.75, 3.05) is 13.1 Å². The Labute approximate surface area is 142 Å². The van der Waals surface area contributed by atoms with E-state index in [0.717, 1.165) is 37.1 Å². The Morgan fingerprint density at radius 3 is 2.58 bits per heavy atom. The molecule has 2 N–H and O–H groups in total.